The molecule has 0 aliphatic rings. The van der Waals surface area contributed by atoms with Gasteiger partial charge in [0.2, 0.25) is 0 Å². The van der Waals surface area contributed by atoms with Crippen LogP contribution >= 0.6 is 23.2 Å². The number of amides is 1. The largest absolute Gasteiger partial charge is 0.464 e. The molecular formula is C31H30Cl2N2O5S. The van der Waals surface area contributed by atoms with Gasteiger partial charge in [-0.1, -0.05) is 91.1 Å². The molecule has 0 heterocycles. The first-order valence-electron chi connectivity index (χ1n) is 13.1. The van der Waals surface area contributed by atoms with Crippen molar-refractivity contribution in [3.05, 3.63) is 106 Å². The van der Waals surface area contributed by atoms with Crippen molar-refractivity contribution in [2.45, 2.75) is 37.5 Å². The summed E-state index contributed by atoms with van der Waals surface area (Å²) in [5.41, 5.74) is 7.77. The highest BCUT2D eigenvalue weighted by Crippen LogP contribution is 2.37. The Balaban J connectivity index is 1.90. The number of nitrogens with zero attached hydrogens (tertiary/aromatic N) is 1. The van der Waals surface area contributed by atoms with Crippen LogP contribution in [0.5, 0.6) is 0 Å². The summed E-state index contributed by atoms with van der Waals surface area (Å²) < 4.78 is 34.5. The second-order valence-corrected chi connectivity index (χ2v) is 12.2. The summed E-state index contributed by atoms with van der Waals surface area (Å²) in [6, 6.07) is 22.5. The monoisotopic (exact) mass is 612 g/mol. The first-order chi connectivity index (χ1) is 19.6. The molecule has 10 heteroatoms. The Labute approximate surface area is 249 Å². The molecule has 214 valence electrons. The number of carbonyl (C=O) groups is 2. The fraction of sp³-hybridized carbons (Fsp3) is 0.226. The molecule has 0 aliphatic heterocycles. The van der Waals surface area contributed by atoms with Gasteiger partial charge in [-0.25, -0.2) is 8.42 Å². The number of carbonyl (C=O) groups excluding carboxylic acids is 2. The number of nitrogens with two attached hydrogens (primary N) is 1. The first-order valence-corrected chi connectivity index (χ1v) is 15.3. The zero-order chi connectivity index (χ0) is 29.6. The summed E-state index contributed by atoms with van der Waals surface area (Å²) in [7, 11) is -4.48. The van der Waals surface area contributed by atoms with Crippen molar-refractivity contribution in [2.24, 2.45) is 5.73 Å². The van der Waals surface area contributed by atoms with E-state index in [0.29, 0.717) is 18.2 Å². The van der Waals surface area contributed by atoms with Gasteiger partial charge in [-0.3, -0.25) is 13.9 Å². The highest BCUT2D eigenvalue weighted by Gasteiger charge is 2.32. The number of esters is 1. The highest BCUT2D eigenvalue weighted by molar-refractivity contribution is 7.93. The molecule has 4 aromatic carbocycles. The number of benzene rings is 4. The van der Waals surface area contributed by atoms with Crippen LogP contribution in [0, 0.1) is 0 Å². The number of halogens is 2. The third kappa shape index (κ3) is 7.19. The Morgan fingerprint density at radius 3 is 2.24 bits per heavy atom. The molecule has 0 saturated carbocycles. The molecule has 0 spiro atoms. The van der Waals surface area contributed by atoms with E-state index in [2.05, 4.69) is 0 Å². The quantitative estimate of drug-likeness (QED) is 0.144. The number of unbranched alkanes of at least 4 members (excludes halogenated alkanes) is 1. The van der Waals surface area contributed by atoms with Gasteiger partial charge in [0.15, 0.2) is 0 Å². The molecule has 41 heavy (non-hydrogen) atoms. The zero-order valence-electron chi connectivity index (χ0n) is 22.5. The highest BCUT2D eigenvalue weighted by atomic mass is 35.5. The van der Waals surface area contributed by atoms with Crippen LogP contribution in [0.3, 0.4) is 0 Å². The smallest absolute Gasteiger partial charge is 0.326 e. The van der Waals surface area contributed by atoms with Gasteiger partial charge in [-0.2, -0.15) is 0 Å². The number of anilines is 1. The van der Waals surface area contributed by atoms with E-state index in [1.807, 2.05) is 43.3 Å². The molecule has 4 aromatic rings. The van der Waals surface area contributed by atoms with E-state index < -0.39 is 28.4 Å². The van der Waals surface area contributed by atoms with Crippen LogP contribution in [0.1, 0.15) is 41.3 Å². The Kier molecular flexibility index (Phi) is 9.91. The van der Waals surface area contributed by atoms with Gasteiger partial charge < -0.3 is 10.5 Å². The van der Waals surface area contributed by atoms with Crippen LogP contribution in [0.4, 0.5) is 5.69 Å². The molecule has 0 atom stereocenters. The van der Waals surface area contributed by atoms with Gasteiger partial charge in [0.25, 0.3) is 15.9 Å². The number of sulfonamides is 1. The molecule has 0 radical (unpaired) electrons. The molecule has 0 bridgehead atoms. The lowest BCUT2D eigenvalue weighted by atomic mass is 9.95. The predicted octanol–water partition coefficient (Wildman–Crippen LogP) is 6.57. The van der Waals surface area contributed by atoms with Gasteiger partial charge in [-0.05, 0) is 60.0 Å². The lowest BCUT2D eigenvalue weighted by molar-refractivity contribution is -0.141. The van der Waals surface area contributed by atoms with Crippen molar-refractivity contribution in [2.75, 3.05) is 17.5 Å². The number of primary amides is 1. The van der Waals surface area contributed by atoms with Crippen molar-refractivity contribution in [3.63, 3.8) is 0 Å². The van der Waals surface area contributed by atoms with Crippen molar-refractivity contribution in [1.82, 2.24) is 0 Å². The van der Waals surface area contributed by atoms with E-state index in [-0.39, 0.29) is 32.8 Å². The summed E-state index contributed by atoms with van der Waals surface area (Å²) >= 11 is 12.3. The second-order valence-electron chi connectivity index (χ2n) is 9.51. The lowest BCUT2D eigenvalue weighted by Gasteiger charge is -2.27. The van der Waals surface area contributed by atoms with Crippen LogP contribution in [0.25, 0.3) is 10.8 Å². The van der Waals surface area contributed by atoms with E-state index in [0.717, 1.165) is 33.7 Å². The van der Waals surface area contributed by atoms with E-state index in [4.69, 9.17) is 33.7 Å². The van der Waals surface area contributed by atoms with Crippen molar-refractivity contribution in [1.29, 1.82) is 0 Å². The fourth-order valence-electron chi connectivity index (χ4n) is 4.60. The zero-order valence-corrected chi connectivity index (χ0v) is 24.8. The second kappa shape index (κ2) is 13.4. The Hall–Kier alpha value is -3.59. The normalized spacial score (nSPS) is 11.4. The maximum Gasteiger partial charge on any atom is 0.326 e. The minimum Gasteiger partial charge on any atom is -0.464 e. The Bertz CT molecular complexity index is 1660. The van der Waals surface area contributed by atoms with Crippen LogP contribution in [-0.4, -0.2) is 33.4 Å². The minimum absolute atomic E-state index is 0.0138. The third-order valence-corrected chi connectivity index (χ3v) is 8.78. The Morgan fingerprint density at radius 2 is 1.59 bits per heavy atom. The summed E-state index contributed by atoms with van der Waals surface area (Å²) in [5, 5.41) is 1.37. The number of fused-ring (bicyclic) bond motifs is 1. The van der Waals surface area contributed by atoms with Gasteiger partial charge >= 0.3 is 5.97 Å². The number of ether oxygens (including phenoxy) is 1. The van der Waals surface area contributed by atoms with Gasteiger partial charge in [0, 0.05) is 15.4 Å². The molecule has 7 nitrogen and oxygen atoms in total. The van der Waals surface area contributed by atoms with Crippen LogP contribution in [0.2, 0.25) is 10.0 Å². The summed E-state index contributed by atoms with van der Waals surface area (Å²) in [5.74, 6) is -1.62. The maximum atomic E-state index is 14.2. The summed E-state index contributed by atoms with van der Waals surface area (Å²) in [6.45, 7) is 1.38. The Morgan fingerprint density at radius 1 is 0.878 bits per heavy atom. The first kappa shape index (κ1) is 30.4. The van der Waals surface area contributed by atoms with Gasteiger partial charge in [0.05, 0.1) is 22.8 Å². The molecule has 0 saturated heterocycles. The van der Waals surface area contributed by atoms with E-state index in [1.54, 1.807) is 18.2 Å². The van der Waals surface area contributed by atoms with Crippen molar-refractivity contribution < 1.29 is 22.7 Å². The molecule has 0 aliphatic carbocycles. The number of hydrogen-bond donors (Lipinski definition) is 1. The third-order valence-electron chi connectivity index (χ3n) is 6.62. The van der Waals surface area contributed by atoms with E-state index in [9.17, 15) is 18.0 Å². The average molecular weight is 614 g/mol. The lowest BCUT2D eigenvalue weighted by Crippen LogP contribution is -2.38. The summed E-state index contributed by atoms with van der Waals surface area (Å²) in [6.07, 6.45) is 2.82. The molecule has 0 unspecified atom stereocenters. The van der Waals surface area contributed by atoms with Crippen molar-refractivity contribution >= 4 is 61.6 Å². The summed E-state index contributed by atoms with van der Waals surface area (Å²) in [4.78, 5) is 25.4. The van der Waals surface area contributed by atoms with E-state index >= 15 is 0 Å². The van der Waals surface area contributed by atoms with Crippen molar-refractivity contribution in [3.8, 4) is 0 Å². The maximum absolute atomic E-state index is 14.2. The van der Waals surface area contributed by atoms with Crippen LogP contribution in [0.15, 0.2) is 83.8 Å². The fourth-order valence-corrected chi connectivity index (χ4v) is 6.77. The molecule has 4 rings (SSSR count). The number of rotatable bonds is 12. The number of aryl methyl sites for hydroxylation is 2. The molecule has 0 aromatic heterocycles. The van der Waals surface area contributed by atoms with E-state index in [1.165, 1.54) is 24.3 Å². The topological polar surface area (TPSA) is 107 Å². The molecule has 1 amide bonds. The molecular weight excluding hydrogens is 583 g/mol. The SMILES string of the molecule is CCCCOC(=O)CN(c1c(C(N)=O)ccc2c(CCc3ccccc3)cccc12)S(=O)(=O)c1cc(Cl)cc(Cl)c1. The average Bonchev–Trinajstić information content (AvgIpc) is 2.94. The predicted molar refractivity (Wildman–Crippen MR) is 163 cm³/mol. The van der Waals surface area contributed by atoms with Crippen LogP contribution in [-0.2, 0) is 32.4 Å². The standard InChI is InChI=1S/C31H30Cl2N2O5S/c1-2-3-16-40-29(36)20-35(41(38,39)25-18-23(32)17-24(33)19-25)30-27-11-7-10-22(13-12-21-8-5-4-6-9-21)26(27)14-15-28(30)31(34)37/h4-11,14-15,17-19H,2-3,12-13,16,20H2,1H3,(H2,34,37). The molecule has 0 fully saturated rings. The van der Waals surface area contributed by atoms with Gasteiger partial charge in [-0.15, -0.1) is 0 Å². The van der Waals surface area contributed by atoms with Gasteiger partial charge in [0.1, 0.15) is 6.54 Å². The molecule has 2 N–H and O–H groups in total. The van der Waals surface area contributed by atoms with Crippen LogP contribution < -0.4 is 10.0 Å². The minimum atomic E-state index is -4.48. The number of hydrogen-bond acceptors (Lipinski definition) is 5.